The van der Waals surface area contributed by atoms with E-state index in [-0.39, 0.29) is 24.8 Å². The first-order valence-corrected chi connectivity index (χ1v) is 7.50. The van der Waals surface area contributed by atoms with E-state index in [1.165, 1.54) is 4.90 Å². The maximum atomic E-state index is 12.5. The smallest absolute Gasteiger partial charge is 0.265 e. The van der Waals surface area contributed by atoms with E-state index in [4.69, 9.17) is 4.74 Å². The zero-order valence-electron chi connectivity index (χ0n) is 11.9. The van der Waals surface area contributed by atoms with E-state index in [1.54, 1.807) is 23.5 Å². The molecular weight excluding hydrogens is 286 g/mol. The fraction of sp³-hybridized carbons (Fsp3) is 0.250. The second-order valence-corrected chi connectivity index (χ2v) is 6.45. The lowest BCUT2D eigenvalue weighted by molar-refractivity contribution is -0.121. The van der Waals surface area contributed by atoms with Crippen molar-refractivity contribution in [2.45, 2.75) is 13.8 Å². The number of anilines is 1. The molecule has 1 aliphatic heterocycles. The fourth-order valence-corrected chi connectivity index (χ4v) is 3.41. The average Bonchev–Trinajstić information content (AvgIpc) is 2.81. The van der Waals surface area contributed by atoms with E-state index in [1.807, 2.05) is 32.0 Å². The van der Waals surface area contributed by atoms with Crippen LogP contribution in [0.25, 0.3) is 0 Å². The molecule has 0 fully saturated rings. The molecule has 0 aliphatic carbocycles. The number of nitrogens with zero attached hydrogens (tertiary/aromatic N) is 1. The number of rotatable bonds is 3. The van der Waals surface area contributed by atoms with Gasteiger partial charge in [-0.15, -0.1) is 11.3 Å². The highest BCUT2D eigenvalue weighted by Gasteiger charge is 2.27. The number of Topliss-reactive ketones (excluding diaryl/α,β-unsaturated/α-hetero) is 1. The first-order valence-electron chi connectivity index (χ1n) is 6.68. The summed E-state index contributed by atoms with van der Waals surface area (Å²) in [5.74, 6) is 0.414. The van der Waals surface area contributed by atoms with Crippen LogP contribution in [0.15, 0.2) is 30.3 Å². The van der Waals surface area contributed by atoms with Gasteiger partial charge < -0.3 is 4.74 Å². The third-order valence-electron chi connectivity index (χ3n) is 3.45. The lowest BCUT2D eigenvalue weighted by Crippen LogP contribution is -2.42. The van der Waals surface area contributed by atoms with Crippen molar-refractivity contribution >= 4 is 28.7 Å². The highest BCUT2D eigenvalue weighted by atomic mass is 32.1. The number of thiophene rings is 1. The molecule has 2 heterocycles. The molecule has 1 aliphatic rings. The standard InChI is InChI=1S/C16H15NO3S/c1-10-7-12(11(2)21-10)14(18)8-17-13-5-3-4-6-15(13)20-9-16(17)19/h3-7H,8-9H2,1-2H3. The molecule has 1 amide bonds. The Hall–Kier alpha value is -2.14. The second kappa shape index (κ2) is 5.33. The first-order chi connectivity index (χ1) is 10.1. The van der Waals surface area contributed by atoms with Crippen molar-refractivity contribution in [1.82, 2.24) is 0 Å². The van der Waals surface area contributed by atoms with Crippen molar-refractivity contribution in [3.8, 4) is 5.75 Å². The lowest BCUT2D eigenvalue weighted by Gasteiger charge is -2.28. The van der Waals surface area contributed by atoms with E-state index < -0.39 is 0 Å². The summed E-state index contributed by atoms with van der Waals surface area (Å²) < 4.78 is 5.38. The number of para-hydroxylation sites is 2. The number of ether oxygens (including phenoxy) is 1. The normalized spacial score (nSPS) is 13.8. The Morgan fingerprint density at radius 3 is 2.81 bits per heavy atom. The van der Waals surface area contributed by atoms with Crippen LogP contribution in [0.2, 0.25) is 0 Å². The topological polar surface area (TPSA) is 46.6 Å². The summed E-state index contributed by atoms with van der Waals surface area (Å²) in [6, 6.07) is 9.17. The molecule has 0 atom stereocenters. The van der Waals surface area contributed by atoms with Crippen LogP contribution in [0.4, 0.5) is 5.69 Å². The summed E-state index contributed by atoms with van der Waals surface area (Å²) >= 11 is 1.60. The molecule has 0 unspecified atom stereocenters. The van der Waals surface area contributed by atoms with Crippen LogP contribution < -0.4 is 9.64 Å². The maximum Gasteiger partial charge on any atom is 0.265 e. The number of hydrogen-bond acceptors (Lipinski definition) is 4. The van der Waals surface area contributed by atoms with E-state index in [2.05, 4.69) is 0 Å². The lowest BCUT2D eigenvalue weighted by atomic mass is 10.1. The van der Waals surface area contributed by atoms with Gasteiger partial charge in [0, 0.05) is 15.3 Å². The summed E-state index contributed by atoms with van der Waals surface area (Å²) in [4.78, 5) is 28.1. The molecule has 1 aromatic heterocycles. The van der Waals surface area contributed by atoms with E-state index in [9.17, 15) is 9.59 Å². The zero-order chi connectivity index (χ0) is 15.0. The van der Waals surface area contributed by atoms with E-state index in [0.717, 1.165) is 9.75 Å². The number of amides is 1. The van der Waals surface area contributed by atoms with Gasteiger partial charge in [-0.1, -0.05) is 12.1 Å². The number of ketones is 1. The minimum absolute atomic E-state index is 0.0219. The van der Waals surface area contributed by atoms with Gasteiger partial charge in [0.25, 0.3) is 5.91 Å². The number of aryl methyl sites for hydroxylation is 2. The van der Waals surface area contributed by atoms with Crippen molar-refractivity contribution in [2.75, 3.05) is 18.1 Å². The Labute approximate surface area is 127 Å². The van der Waals surface area contributed by atoms with Crippen LogP contribution in [0.5, 0.6) is 5.75 Å². The van der Waals surface area contributed by atoms with Crippen molar-refractivity contribution in [1.29, 1.82) is 0 Å². The van der Waals surface area contributed by atoms with Crippen LogP contribution in [0.3, 0.4) is 0 Å². The minimum Gasteiger partial charge on any atom is -0.482 e. The predicted octanol–water partition coefficient (Wildman–Crippen LogP) is 2.97. The number of carbonyl (C=O) groups excluding carboxylic acids is 2. The summed E-state index contributed by atoms with van der Waals surface area (Å²) in [7, 11) is 0. The van der Waals surface area contributed by atoms with Crippen LogP contribution in [-0.2, 0) is 4.79 Å². The molecule has 0 saturated carbocycles. The minimum atomic E-state index is -0.188. The molecule has 21 heavy (non-hydrogen) atoms. The molecule has 0 radical (unpaired) electrons. The number of hydrogen-bond donors (Lipinski definition) is 0. The van der Waals surface area contributed by atoms with Crippen LogP contribution >= 0.6 is 11.3 Å². The predicted molar refractivity (Wildman–Crippen MR) is 82.4 cm³/mol. The summed E-state index contributed by atoms with van der Waals surface area (Å²) in [6.45, 7) is 3.94. The van der Waals surface area contributed by atoms with Gasteiger partial charge in [-0.3, -0.25) is 14.5 Å². The summed E-state index contributed by atoms with van der Waals surface area (Å²) in [6.07, 6.45) is 0. The quantitative estimate of drug-likeness (QED) is 0.819. The van der Waals surface area contributed by atoms with Crippen molar-refractivity contribution < 1.29 is 14.3 Å². The van der Waals surface area contributed by atoms with Crippen LogP contribution in [-0.4, -0.2) is 24.8 Å². The molecule has 0 spiro atoms. The molecule has 1 aromatic carbocycles. The molecular formula is C16H15NO3S. The van der Waals surface area contributed by atoms with E-state index in [0.29, 0.717) is 17.0 Å². The van der Waals surface area contributed by atoms with Crippen LogP contribution in [0, 0.1) is 13.8 Å². The number of benzene rings is 1. The molecule has 4 nitrogen and oxygen atoms in total. The molecule has 0 saturated heterocycles. The Bertz CT molecular complexity index is 720. The third-order valence-corrected chi connectivity index (χ3v) is 4.42. The van der Waals surface area contributed by atoms with Gasteiger partial charge in [-0.25, -0.2) is 0 Å². The van der Waals surface area contributed by atoms with Crippen molar-refractivity contribution in [3.63, 3.8) is 0 Å². The van der Waals surface area contributed by atoms with Gasteiger partial charge in [0.15, 0.2) is 12.4 Å². The average molecular weight is 301 g/mol. The van der Waals surface area contributed by atoms with E-state index >= 15 is 0 Å². The molecule has 0 bridgehead atoms. The van der Waals surface area contributed by atoms with Crippen molar-refractivity contribution in [2.24, 2.45) is 0 Å². The maximum absolute atomic E-state index is 12.5. The summed E-state index contributed by atoms with van der Waals surface area (Å²) in [5, 5.41) is 0. The molecule has 3 rings (SSSR count). The number of fused-ring (bicyclic) bond motifs is 1. The first kappa shape index (κ1) is 13.8. The SMILES string of the molecule is Cc1cc(C(=O)CN2C(=O)COc3ccccc32)c(C)s1. The Kier molecular flexibility index (Phi) is 3.51. The fourth-order valence-electron chi connectivity index (χ4n) is 2.46. The van der Waals surface area contributed by atoms with Crippen molar-refractivity contribution in [3.05, 3.63) is 45.6 Å². The number of carbonyl (C=O) groups is 2. The van der Waals surface area contributed by atoms with Gasteiger partial charge in [0.05, 0.1) is 12.2 Å². The Balaban J connectivity index is 1.89. The van der Waals surface area contributed by atoms with Gasteiger partial charge >= 0.3 is 0 Å². The Morgan fingerprint density at radius 2 is 2.10 bits per heavy atom. The van der Waals surface area contributed by atoms with Gasteiger partial charge in [-0.05, 0) is 32.0 Å². The zero-order valence-corrected chi connectivity index (χ0v) is 12.7. The summed E-state index contributed by atoms with van der Waals surface area (Å²) in [5.41, 5.74) is 1.36. The highest BCUT2D eigenvalue weighted by molar-refractivity contribution is 7.12. The third kappa shape index (κ3) is 2.56. The largest absolute Gasteiger partial charge is 0.482 e. The van der Waals surface area contributed by atoms with Gasteiger partial charge in [-0.2, -0.15) is 0 Å². The molecule has 5 heteroatoms. The van der Waals surface area contributed by atoms with Crippen LogP contribution in [0.1, 0.15) is 20.1 Å². The molecule has 0 N–H and O–H groups in total. The highest BCUT2D eigenvalue weighted by Crippen LogP contribution is 2.32. The monoisotopic (exact) mass is 301 g/mol. The Morgan fingerprint density at radius 1 is 1.33 bits per heavy atom. The van der Waals surface area contributed by atoms with Gasteiger partial charge in [0.2, 0.25) is 0 Å². The van der Waals surface area contributed by atoms with Gasteiger partial charge in [0.1, 0.15) is 5.75 Å². The second-order valence-electron chi connectivity index (χ2n) is 4.99. The molecule has 108 valence electrons. The molecule has 2 aromatic rings.